The Balaban J connectivity index is 1.71. The van der Waals surface area contributed by atoms with E-state index in [1.54, 1.807) is 41.9 Å². The Labute approximate surface area is 120 Å². The maximum absolute atomic E-state index is 12.8. The van der Waals surface area contributed by atoms with Crippen LogP contribution in [0.15, 0.2) is 42.6 Å². The molecule has 0 radical (unpaired) electrons. The van der Waals surface area contributed by atoms with Gasteiger partial charge in [-0.3, -0.25) is 4.79 Å². The Bertz CT molecular complexity index is 795. The van der Waals surface area contributed by atoms with Crippen molar-refractivity contribution in [1.29, 1.82) is 0 Å². The number of nitrogens with one attached hydrogen (secondary N) is 1. The number of nitrogens with zero attached hydrogens (tertiary/aromatic N) is 3. The highest BCUT2D eigenvalue weighted by Gasteiger charge is 2.06. The third-order valence-corrected chi connectivity index (χ3v) is 3.00. The lowest BCUT2D eigenvalue weighted by atomic mass is 10.1. The van der Waals surface area contributed by atoms with Gasteiger partial charge >= 0.3 is 0 Å². The summed E-state index contributed by atoms with van der Waals surface area (Å²) in [4.78, 5) is 16.2. The number of hydrogen-bond acceptors (Lipinski definition) is 3. The van der Waals surface area contributed by atoms with Gasteiger partial charge in [0.1, 0.15) is 11.6 Å². The molecule has 6 heteroatoms. The minimum atomic E-state index is -0.314. The Kier molecular flexibility index (Phi) is 3.35. The second-order valence-electron chi connectivity index (χ2n) is 4.73. The summed E-state index contributed by atoms with van der Waals surface area (Å²) in [6.07, 6.45) is 1.90. The first kappa shape index (κ1) is 13.2. The highest BCUT2D eigenvalue weighted by atomic mass is 19.1. The van der Waals surface area contributed by atoms with Gasteiger partial charge in [0.15, 0.2) is 5.65 Å². The van der Waals surface area contributed by atoms with Crippen molar-refractivity contribution in [2.24, 2.45) is 0 Å². The van der Waals surface area contributed by atoms with Gasteiger partial charge in [0.05, 0.1) is 18.3 Å². The van der Waals surface area contributed by atoms with Crippen molar-refractivity contribution in [2.45, 2.75) is 13.3 Å². The summed E-state index contributed by atoms with van der Waals surface area (Å²) in [7, 11) is 0. The SMILES string of the molecule is Cc1nc2ccc(NC(=O)Cc3ccc(F)cc3)cn2n1. The number of amides is 1. The molecule has 0 aliphatic rings. The molecule has 1 N–H and O–H groups in total. The van der Waals surface area contributed by atoms with Gasteiger partial charge in [-0.2, -0.15) is 5.10 Å². The molecule has 0 atom stereocenters. The Hall–Kier alpha value is -2.76. The van der Waals surface area contributed by atoms with Crippen LogP contribution < -0.4 is 5.32 Å². The molecule has 106 valence electrons. The number of fused-ring (bicyclic) bond motifs is 1. The Morgan fingerprint density at radius 1 is 1.24 bits per heavy atom. The predicted octanol–water partition coefficient (Wildman–Crippen LogP) is 2.36. The van der Waals surface area contributed by atoms with Gasteiger partial charge in [-0.05, 0) is 36.8 Å². The van der Waals surface area contributed by atoms with Crippen LogP contribution in [-0.4, -0.2) is 20.5 Å². The van der Waals surface area contributed by atoms with Crippen LogP contribution in [0.25, 0.3) is 5.65 Å². The third-order valence-electron chi connectivity index (χ3n) is 3.00. The Morgan fingerprint density at radius 3 is 2.76 bits per heavy atom. The topological polar surface area (TPSA) is 59.3 Å². The van der Waals surface area contributed by atoms with E-state index in [0.29, 0.717) is 11.5 Å². The summed E-state index contributed by atoms with van der Waals surface area (Å²) in [6.45, 7) is 1.81. The van der Waals surface area contributed by atoms with Crippen molar-refractivity contribution < 1.29 is 9.18 Å². The van der Waals surface area contributed by atoms with Crippen LogP contribution in [0.2, 0.25) is 0 Å². The fourth-order valence-corrected chi connectivity index (χ4v) is 2.06. The molecule has 0 unspecified atom stereocenters. The zero-order chi connectivity index (χ0) is 14.8. The molecule has 0 spiro atoms. The number of carbonyl (C=O) groups excluding carboxylic acids is 1. The van der Waals surface area contributed by atoms with Crippen LogP contribution in [0.5, 0.6) is 0 Å². The van der Waals surface area contributed by atoms with E-state index in [2.05, 4.69) is 15.4 Å². The van der Waals surface area contributed by atoms with Crippen molar-refractivity contribution >= 4 is 17.2 Å². The summed E-state index contributed by atoms with van der Waals surface area (Å²) < 4.78 is 14.4. The third kappa shape index (κ3) is 3.05. The molecule has 3 rings (SSSR count). The Morgan fingerprint density at radius 2 is 2.00 bits per heavy atom. The first-order chi connectivity index (χ1) is 10.1. The van der Waals surface area contributed by atoms with Crippen LogP contribution in [0, 0.1) is 12.7 Å². The lowest BCUT2D eigenvalue weighted by molar-refractivity contribution is -0.115. The summed E-state index contributed by atoms with van der Waals surface area (Å²) >= 11 is 0. The molecule has 1 amide bonds. The molecule has 21 heavy (non-hydrogen) atoms. The maximum Gasteiger partial charge on any atom is 0.228 e. The number of aromatic nitrogens is 3. The molecule has 5 nitrogen and oxygen atoms in total. The largest absolute Gasteiger partial charge is 0.324 e. The zero-order valence-electron chi connectivity index (χ0n) is 11.4. The van der Waals surface area contributed by atoms with Crippen LogP contribution in [0.4, 0.5) is 10.1 Å². The number of halogens is 1. The zero-order valence-corrected chi connectivity index (χ0v) is 11.4. The molecule has 0 aliphatic carbocycles. The van der Waals surface area contributed by atoms with Crippen LogP contribution >= 0.6 is 0 Å². The molecule has 2 aromatic heterocycles. The highest BCUT2D eigenvalue weighted by molar-refractivity contribution is 5.92. The average molecular weight is 284 g/mol. The minimum absolute atomic E-state index is 0.169. The van der Waals surface area contributed by atoms with Gasteiger partial charge in [0.2, 0.25) is 5.91 Å². The van der Waals surface area contributed by atoms with Gasteiger partial charge in [-0.25, -0.2) is 13.9 Å². The van der Waals surface area contributed by atoms with Gasteiger partial charge < -0.3 is 5.32 Å². The molecule has 0 fully saturated rings. The van der Waals surface area contributed by atoms with Gasteiger partial charge in [-0.1, -0.05) is 12.1 Å². The lowest BCUT2D eigenvalue weighted by Gasteiger charge is -2.05. The van der Waals surface area contributed by atoms with E-state index < -0.39 is 0 Å². The number of aryl methyl sites for hydroxylation is 1. The smallest absolute Gasteiger partial charge is 0.228 e. The molecule has 0 saturated heterocycles. The van der Waals surface area contributed by atoms with Crippen molar-refractivity contribution in [3.8, 4) is 0 Å². The monoisotopic (exact) mass is 284 g/mol. The fourth-order valence-electron chi connectivity index (χ4n) is 2.06. The van der Waals surface area contributed by atoms with Gasteiger partial charge in [0, 0.05) is 0 Å². The first-order valence-electron chi connectivity index (χ1n) is 6.47. The van der Waals surface area contributed by atoms with Gasteiger partial charge in [-0.15, -0.1) is 0 Å². The average Bonchev–Trinajstić information content (AvgIpc) is 2.80. The summed E-state index contributed by atoms with van der Waals surface area (Å²) in [5, 5.41) is 6.97. The van der Waals surface area contributed by atoms with Crippen molar-refractivity contribution in [2.75, 3.05) is 5.32 Å². The van der Waals surface area contributed by atoms with Gasteiger partial charge in [0.25, 0.3) is 0 Å². The second kappa shape index (κ2) is 5.32. The number of carbonyl (C=O) groups is 1. The van der Waals surface area contributed by atoms with E-state index in [9.17, 15) is 9.18 Å². The van der Waals surface area contributed by atoms with E-state index in [1.807, 2.05) is 0 Å². The second-order valence-corrected chi connectivity index (χ2v) is 4.73. The molecular weight excluding hydrogens is 271 g/mol. The number of benzene rings is 1. The minimum Gasteiger partial charge on any atom is -0.324 e. The van der Waals surface area contributed by atoms with E-state index in [1.165, 1.54) is 12.1 Å². The van der Waals surface area contributed by atoms with E-state index in [0.717, 1.165) is 11.2 Å². The van der Waals surface area contributed by atoms with Crippen LogP contribution in [0.3, 0.4) is 0 Å². The van der Waals surface area contributed by atoms with E-state index in [-0.39, 0.29) is 18.1 Å². The van der Waals surface area contributed by atoms with Crippen LogP contribution in [0.1, 0.15) is 11.4 Å². The van der Waals surface area contributed by atoms with E-state index >= 15 is 0 Å². The molecular formula is C15H13FN4O. The number of pyridine rings is 1. The van der Waals surface area contributed by atoms with Crippen molar-refractivity contribution in [3.63, 3.8) is 0 Å². The maximum atomic E-state index is 12.8. The molecule has 0 saturated carbocycles. The quantitative estimate of drug-likeness (QED) is 0.803. The molecule has 0 aliphatic heterocycles. The van der Waals surface area contributed by atoms with E-state index in [4.69, 9.17) is 0 Å². The fraction of sp³-hybridized carbons (Fsp3) is 0.133. The molecule has 3 aromatic rings. The van der Waals surface area contributed by atoms with Crippen LogP contribution in [-0.2, 0) is 11.2 Å². The number of anilines is 1. The lowest BCUT2D eigenvalue weighted by Crippen LogP contribution is -2.14. The number of hydrogen-bond donors (Lipinski definition) is 1. The van der Waals surface area contributed by atoms with Crippen molar-refractivity contribution in [3.05, 3.63) is 59.8 Å². The van der Waals surface area contributed by atoms with Crippen molar-refractivity contribution in [1.82, 2.24) is 14.6 Å². The summed E-state index contributed by atoms with van der Waals surface area (Å²) in [6, 6.07) is 9.43. The highest BCUT2D eigenvalue weighted by Crippen LogP contribution is 2.11. The standard InChI is InChI=1S/C15H13FN4O/c1-10-17-14-7-6-13(9-20(14)19-10)18-15(21)8-11-2-4-12(16)5-3-11/h2-7,9H,8H2,1H3,(H,18,21). The molecule has 1 aromatic carbocycles. The predicted molar refractivity (Wildman–Crippen MR) is 76.5 cm³/mol. The summed E-state index contributed by atoms with van der Waals surface area (Å²) in [5.74, 6) is 0.189. The molecule has 2 heterocycles. The normalized spacial score (nSPS) is 10.8. The number of rotatable bonds is 3. The summed E-state index contributed by atoms with van der Waals surface area (Å²) in [5.41, 5.74) is 2.12. The molecule has 0 bridgehead atoms. The first-order valence-corrected chi connectivity index (χ1v) is 6.47.